The van der Waals surface area contributed by atoms with Gasteiger partial charge in [0.15, 0.2) is 0 Å². The second kappa shape index (κ2) is 5.86. The van der Waals surface area contributed by atoms with Crippen molar-refractivity contribution < 1.29 is 13.2 Å². The Morgan fingerprint density at radius 3 is 2.46 bits per heavy atom. The maximum atomic E-state index is 11.8. The van der Waals surface area contributed by atoms with E-state index in [1.54, 1.807) is 30.3 Å². The van der Waals surface area contributed by atoms with Crippen molar-refractivity contribution in [2.75, 3.05) is 0 Å². The molecular formula is C16H12ClN3O3S. The number of amides is 1. The number of hydrogen-bond donors (Lipinski definition) is 2. The van der Waals surface area contributed by atoms with Gasteiger partial charge in [-0.15, -0.1) is 0 Å². The summed E-state index contributed by atoms with van der Waals surface area (Å²) in [7, 11) is -4.02. The Balaban J connectivity index is 2.38. The van der Waals surface area contributed by atoms with Crippen LogP contribution in [0.1, 0.15) is 10.4 Å². The number of aromatic nitrogens is 1. The lowest BCUT2D eigenvalue weighted by Crippen LogP contribution is -2.15. The highest BCUT2D eigenvalue weighted by Gasteiger charge is 2.21. The largest absolute Gasteiger partial charge is 0.366 e. The number of halogens is 1. The smallest absolute Gasteiger partial charge is 0.250 e. The third-order valence-electron chi connectivity index (χ3n) is 3.51. The van der Waals surface area contributed by atoms with Crippen LogP contribution in [0.15, 0.2) is 53.4 Å². The summed E-state index contributed by atoms with van der Waals surface area (Å²) in [5.74, 6) is -0.694. The van der Waals surface area contributed by atoms with Gasteiger partial charge in [0.1, 0.15) is 4.90 Å². The van der Waals surface area contributed by atoms with Crippen molar-refractivity contribution >= 4 is 38.4 Å². The van der Waals surface area contributed by atoms with Crippen molar-refractivity contribution in [3.63, 3.8) is 0 Å². The fraction of sp³-hybridized carbons (Fsp3) is 0. The lowest BCUT2D eigenvalue weighted by Gasteiger charge is -2.12. The normalized spacial score (nSPS) is 11.6. The summed E-state index contributed by atoms with van der Waals surface area (Å²) in [6.45, 7) is 0. The number of fused-ring (bicyclic) bond motifs is 1. The Labute approximate surface area is 143 Å². The van der Waals surface area contributed by atoms with Gasteiger partial charge in [0.05, 0.1) is 21.8 Å². The van der Waals surface area contributed by atoms with Gasteiger partial charge in [0.2, 0.25) is 10.0 Å². The van der Waals surface area contributed by atoms with Gasteiger partial charge in [-0.05, 0) is 18.2 Å². The molecule has 6 nitrogen and oxygen atoms in total. The molecular weight excluding hydrogens is 350 g/mol. The molecule has 1 aromatic heterocycles. The molecule has 1 heterocycles. The van der Waals surface area contributed by atoms with Crippen LogP contribution in [0.25, 0.3) is 22.2 Å². The molecule has 0 bridgehead atoms. The number of pyridine rings is 1. The van der Waals surface area contributed by atoms with Crippen LogP contribution in [0.5, 0.6) is 0 Å². The molecule has 0 saturated carbocycles. The first-order chi connectivity index (χ1) is 11.3. The first-order valence-electron chi connectivity index (χ1n) is 6.80. The van der Waals surface area contributed by atoms with E-state index < -0.39 is 15.9 Å². The van der Waals surface area contributed by atoms with E-state index in [1.165, 1.54) is 12.1 Å². The third-order valence-corrected chi connectivity index (χ3v) is 4.99. The zero-order valence-electron chi connectivity index (χ0n) is 12.2. The van der Waals surface area contributed by atoms with Crippen LogP contribution in [0.4, 0.5) is 0 Å². The number of hydrogen-bond acceptors (Lipinski definition) is 4. The van der Waals surface area contributed by atoms with Gasteiger partial charge in [-0.25, -0.2) is 18.5 Å². The van der Waals surface area contributed by atoms with Gasteiger partial charge in [-0.2, -0.15) is 0 Å². The van der Waals surface area contributed by atoms with Crippen LogP contribution in [-0.2, 0) is 10.0 Å². The molecule has 3 rings (SSSR count). The highest BCUT2D eigenvalue weighted by atomic mass is 35.5. The van der Waals surface area contributed by atoms with Crippen molar-refractivity contribution in [1.82, 2.24) is 4.98 Å². The molecule has 3 aromatic rings. The number of para-hydroxylation sites is 1. The van der Waals surface area contributed by atoms with Crippen molar-refractivity contribution in [2.45, 2.75) is 4.90 Å². The van der Waals surface area contributed by atoms with Crippen LogP contribution in [0, 0.1) is 0 Å². The molecule has 0 aliphatic carbocycles. The Bertz CT molecular complexity index is 1080. The van der Waals surface area contributed by atoms with E-state index in [0.29, 0.717) is 5.52 Å². The first-order valence-corrected chi connectivity index (χ1v) is 8.73. The zero-order valence-corrected chi connectivity index (χ0v) is 13.8. The van der Waals surface area contributed by atoms with Gasteiger partial charge < -0.3 is 5.73 Å². The molecule has 0 atom stereocenters. The monoisotopic (exact) mass is 361 g/mol. The Hall–Kier alpha value is -2.48. The van der Waals surface area contributed by atoms with E-state index in [1.807, 2.05) is 6.07 Å². The SMILES string of the molecule is NC(=O)c1cc2ccccc2nc1-c1cccc(S(N)(=O)=O)c1Cl. The molecule has 0 spiro atoms. The van der Waals surface area contributed by atoms with Crippen LogP contribution < -0.4 is 10.9 Å². The number of nitrogens with zero attached hydrogens (tertiary/aromatic N) is 1. The van der Waals surface area contributed by atoms with E-state index in [9.17, 15) is 13.2 Å². The molecule has 0 aliphatic heterocycles. The number of primary sulfonamides is 1. The predicted octanol–water partition coefficient (Wildman–Crippen LogP) is 2.30. The summed E-state index contributed by atoms with van der Waals surface area (Å²) in [6, 6.07) is 13.1. The number of primary amides is 1. The molecule has 4 N–H and O–H groups in total. The van der Waals surface area contributed by atoms with Crippen LogP contribution in [-0.4, -0.2) is 19.3 Å². The number of sulfonamides is 1. The van der Waals surface area contributed by atoms with Gasteiger partial charge in [0.25, 0.3) is 5.91 Å². The van der Waals surface area contributed by atoms with E-state index in [-0.39, 0.29) is 26.7 Å². The molecule has 2 aromatic carbocycles. The average Bonchev–Trinajstić information content (AvgIpc) is 2.52. The Morgan fingerprint density at radius 1 is 1.08 bits per heavy atom. The topological polar surface area (TPSA) is 116 Å². The summed E-state index contributed by atoms with van der Waals surface area (Å²) < 4.78 is 23.3. The maximum Gasteiger partial charge on any atom is 0.250 e. The van der Waals surface area contributed by atoms with Gasteiger partial charge in [-0.3, -0.25) is 4.79 Å². The molecule has 24 heavy (non-hydrogen) atoms. The second-order valence-electron chi connectivity index (χ2n) is 5.10. The van der Waals surface area contributed by atoms with Gasteiger partial charge in [0, 0.05) is 10.9 Å². The average molecular weight is 362 g/mol. The fourth-order valence-electron chi connectivity index (χ4n) is 2.42. The molecule has 0 fully saturated rings. The molecule has 1 amide bonds. The van der Waals surface area contributed by atoms with Crippen LogP contribution >= 0.6 is 11.6 Å². The molecule has 0 unspecified atom stereocenters. The fourth-order valence-corrected chi connectivity index (χ4v) is 3.59. The zero-order chi connectivity index (χ0) is 17.5. The molecule has 0 aliphatic rings. The Morgan fingerprint density at radius 2 is 1.79 bits per heavy atom. The van der Waals surface area contributed by atoms with Crippen molar-refractivity contribution in [3.8, 4) is 11.3 Å². The summed E-state index contributed by atoms with van der Waals surface area (Å²) in [4.78, 5) is 16.0. The molecule has 0 radical (unpaired) electrons. The summed E-state index contributed by atoms with van der Waals surface area (Å²) in [5.41, 5.74) is 6.68. The second-order valence-corrected chi connectivity index (χ2v) is 7.01. The van der Waals surface area contributed by atoms with E-state index in [2.05, 4.69) is 4.98 Å². The van der Waals surface area contributed by atoms with Crippen molar-refractivity contribution in [2.24, 2.45) is 10.9 Å². The first kappa shape index (κ1) is 16.4. The highest BCUT2D eigenvalue weighted by Crippen LogP contribution is 2.34. The minimum Gasteiger partial charge on any atom is -0.366 e. The van der Waals surface area contributed by atoms with Crippen LogP contribution in [0.3, 0.4) is 0 Å². The summed E-state index contributed by atoms with van der Waals surface area (Å²) in [5, 5.41) is 5.79. The lowest BCUT2D eigenvalue weighted by molar-refractivity contribution is 0.100. The number of nitrogens with two attached hydrogens (primary N) is 2. The van der Waals surface area contributed by atoms with Crippen molar-refractivity contribution in [3.05, 3.63) is 59.1 Å². The van der Waals surface area contributed by atoms with E-state index >= 15 is 0 Å². The quantitative estimate of drug-likeness (QED) is 0.744. The maximum absolute atomic E-state index is 11.8. The Kier molecular flexibility index (Phi) is 4.00. The third kappa shape index (κ3) is 2.84. The number of rotatable bonds is 3. The summed E-state index contributed by atoms with van der Waals surface area (Å²) >= 11 is 6.20. The minimum atomic E-state index is -4.02. The number of carbonyl (C=O) groups is 1. The standard InChI is InChI=1S/C16H12ClN3O3S/c17-14-10(5-3-7-13(14)24(19,22)23)15-11(16(18)21)8-9-4-1-2-6-12(9)20-15/h1-8H,(H2,18,21)(H2,19,22,23). The highest BCUT2D eigenvalue weighted by molar-refractivity contribution is 7.89. The number of carbonyl (C=O) groups excluding carboxylic acids is 1. The van der Waals surface area contributed by atoms with E-state index in [0.717, 1.165) is 5.39 Å². The minimum absolute atomic E-state index is 0.106. The number of benzene rings is 2. The van der Waals surface area contributed by atoms with E-state index in [4.69, 9.17) is 22.5 Å². The van der Waals surface area contributed by atoms with Gasteiger partial charge >= 0.3 is 0 Å². The molecule has 122 valence electrons. The lowest BCUT2D eigenvalue weighted by atomic mass is 10.0. The van der Waals surface area contributed by atoms with Crippen molar-refractivity contribution in [1.29, 1.82) is 0 Å². The summed E-state index contributed by atoms with van der Waals surface area (Å²) in [6.07, 6.45) is 0. The van der Waals surface area contributed by atoms with Gasteiger partial charge in [-0.1, -0.05) is 41.9 Å². The molecule has 8 heteroatoms. The molecule has 0 saturated heterocycles. The predicted molar refractivity (Wildman–Crippen MR) is 92.1 cm³/mol. The van der Waals surface area contributed by atoms with Crippen LogP contribution in [0.2, 0.25) is 5.02 Å².